The fourth-order valence-corrected chi connectivity index (χ4v) is 3.13. The third-order valence-electron chi connectivity index (χ3n) is 4.53. The van der Waals surface area contributed by atoms with Crippen LogP contribution in [0.1, 0.15) is 16.7 Å². The van der Waals surface area contributed by atoms with E-state index in [-0.39, 0.29) is 37.3 Å². The van der Waals surface area contributed by atoms with Crippen LogP contribution in [0, 0.1) is 0 Å². The van der Waals surface area contributed by atoms with Crippen LogP contribution in [0.25, 0.3) is 0 Å². The van der Waals surface area contributed by atoms with Gasteiger partial charge in [0.2, 0.25) is 5.91 Å². The molecule has 1 heterocycles. The molecule has 0 aliphatic carbocycles. The first-order valence-electron chi connectivity index (χ1n) is 8.60. The number of carbonyl (C=O) groups is 1. The van der Waals surface area contributed by atoms with Gasteiger partial charge < -0.3 is 20.7 Å². The number of amides is 1. The number of rotatable bonds is 7. The SMILES string of the molecule is COCC(N)C(=O)NCc1ccc(CN2CCc3ccccc32)cc1.Cl.Cl. The molecule has 0 aromatic heterocycles. The van der Waals surface area contributed by atoms with Crippen molar-refractivity contribution in [3.8, 4) is 0 Å². The van der Waals surface area contributed by atoms with Crippen LogP contribution >= 0.6 is 24.8 Å². The summed E-state index contributed by atoms with van der Waals surface area (Å²) in [6.07, 6.45) is 1.11. The van der Waals surface area contributed by atoms with Gasteiger partial charge in [0.15, 0.2) is 0 Å². The highest BCUT2D eigenvalue weighted by molar-refractivity contribution is 5.85. The second-order valence-corrected chi connectivity index (χ2v) is 6.40. The molecule has 1 atom stereocenters. The molecule has 3 rings (SSSR count). The number of halogens is 2. The summed E-state index contributed by atoms with van der Waals surface area (Å²) in [5.41, 5.74) is 10.8. The Morgan fingerprint density at radius 1 is 1.15 bits per heavy atom. The van der Waals surface area contributed by atoms with Crippen molar-refractivity contribution in [3.05, 3.63) is 65.2 Å². The number of anilines is 1. The maximum Gasteiger partial charge on any atom is 0.239 e. The highest BCUT2D eigenvalue weighted by Crippen LogP contribution is 2.28. The van der Waals surface area contributed by atoms with Crippen LogP contribution in [0.4, 0.5) is 5.69 Å². The minimum absolute atomic E-state index is 0. The monoisotopic (exact) mass is 411 g/mol. The van der Waals surface area contributed by atoms with E-state index >= 15 is 0 Å². The summed E-state index contributed by atoms with van der Waals surface area (Å²) in [5.74, 6) is -0.195. The predicted octanol–water partition coefficient (Wildman–Crippen LogP) is 2.68. The molecule has 0 radical (unpaired) electrons. The minimum atomic E-state index is -0.625. The van der Waals surface area contributed by atoms with Crippen molar-refractivity contribution in [2.45, 2.75) is 25.6 Å². The molecule has 0 fully saturated rings. The third kappa shape index (κ3) is 6.11. The first-order valence-corrected chi connectivity index (χ1v) is 8.60. The van der Waals surface area contributed by atoms with Gasteiger partial charge in [-0.3, -0.25) is 4.79 Å². The lowest BCUT2D eigenvalue weighted by atomic mass is 10.1. The highest BCUT2D eigenvalue weighted by atomic mass is 35.5. The number of methoxy groups -OCH3 is 1. The molecule has 3 N–H and O–H groups in total. The van der Waals surface area contributed by atoms with Crippen LogP contribution in [-0.4, -0.2) is 32.2 Å². The van der Waals surface area contributed by atoms with Crippen molar-refractivity contribution in [1.82, 2.24) is 5.32 Å². The van der Waals surface area contributed by atoms with Gasteiger partial charge in [-0.2, -0.15) is 0 Å². The molecular weight excluding hydrogens is 385 g/mol. The van der Waals surface area contributed by atoms with Crippen molar-refractivity contribution >= 4 is 36.4 Å². The number of nitrogens with two attached hydrogens (primary N) is 1. The normalized spacial score (nSPS) is 13.2. The van der Waals surface area contributed by atoms with Gasteiger partial charge in [-0.1, -0.05) is 42.5 Å². The molecule has 1 unspecified atom stereocenters. The van der Waals surface area contributed by atoms with E-state index in [9.17, 15) is 4.79 Å². The fourth-order valence-electron chi connectivity index (χ4n) is 3.13. The van der Waals surface area contributed by atoms with Gasteiger partial charge >= 0.3 is 0 Å². The van der Waals surface area contributed by atoms with E-state index in [1.165, 1.54) is 23.9 Å². The van der Waals surface area contributed by atoms with Gasteiger partial charge in [0.25, 0.3) is 0 Å². The lowest BCUT2D eigenvalue weighted by Crippen LogP contribution is -2.43. The summed E-state index contributed by atoms with van der Waals surface area (Å²) in [6, 6.07) is 16.3. The van der Waals surface area contributed by atoms with E-state index in [4.69, 9.17) is 10.5 Å². The van der Waals surface area contributed by atoms with Crippen LogP contribution in [-0.2, 0) is 29.0 Å². The van der Waals surface area contributed by atoms with Crippen molar-refractivity contribution in [2.75, 3.05) is 25.2 Å². The largest absolute Gasteiger partial charge is 0.383 e. The smallest absolute Gasteiger partial charge is 0.239 e. The van der Waals surface area contributed by atoms with E-state index in [1.807, 2.05) is 0 Å². The average Bonchev–Trinajstić information content (AvgIpc) is 3.04. The molecule has 5 nitrogen and oxygen atoms in total. The molecule has 148 valence electrons. The zero-order valence-electron chi connectivity index (χ0n) is 15.4. The summed E-state index contributed by atoms with van der Waals surface area (Å²) in [6.45, 7) is 2.67. The van der Waals surface area contributed by atoms with Gasteiger partial charge in [-0.25, -0.2) is 0 Å². The second-order valence-electron chi connectivity index (χ2n) is 6.40. The van der Waals surface area contributed by atoms with Gasteiger partial charge in [-0.05, 0) is 29.2 Å². The predicted molar refractivity (Wildman–Crippen MR) is 114 cm³/mol. The summed E-state index contributed by atoms with van der Waals surface area (Å²) in [5, 5.41) is 2.83. The number of ether oxygens (including phenoxy) is 1. The molecule has 1 amide bonds. The lowest BCUT2D eigenvalue weighted by molar-refractivity contribution is -0.123. The van der Waals surface area contributed by atoms with Gasteiger partial charge in [0.05, 0.1) is 6.61 Å². The van der Waals surface area contributed by atoms with Gasteiger partial charge in [0, 0.05) is 32.4 Å². The fraction of sp³-hybridized carbons (Fsp3) is 0.350. The minimum Gasteiger partial charge on any atom is -0.383 e. The molecule has 7 heteroatoms. The van der Waals surface area contributed by atoms with Crippen LogP contribution in [0.2, 0.25) is 0 Å². The first kappa shape index (κ1) is 23.2. The zero-order valence-corrected chi connectivity index (χ0v) is 17.0. The van der Waals surface area contributed by atoms with Crippen LogP contribution in [0.5, 0.6) is 0 Å². The highest BCUT2D eigenvalue weighted by Gasteiger charge is 2.18. The maximum atomic E-state index is 11.8. The Hall–Kier alpha value is -1.79. The molecule has 0 saturated carbocycles. The summed E-state index contributed by atoms with van der Waals surface area (Å²) in [7, 11) is 1.53. The molecule has 0 bridgehead atoms. The maximum absolute atomic E-state index is 11.8. The zero-order chi connectivity index (χ0) is 17.6. The molecule has 2 aromatic rings. The Bertz CT molecular complexity index is 725. The Morgan fingerprint density at radius 3 is 2.52 bits per heavy atom. The summed E-state index contributed by atoms with van der Waals surface area (Å²) >= 11 is 0. The standard InChI is InChI=1S/C20H25N3O2.2ClH/c1-25-14-18(21)20(24)22-12-15-6-8-16(9-7-15)13-23-11-10-17-4-2-3-5-19(17)23;;/h2-9,18H,10-14,21H2,1H3,(H,22,24);2*1H. The van der Waals surface area contributed by atoms with E-state index in [0.717, 1.165) is 25.1 Å². The Labute approximate surface area is 173 Å². The molecule has 2 aromatic carbocycles. The molecular formula is C20H27Cl2N3O2. The Balaban J connectivity index is 0.00000182. The lowest BCUT2D eigenvalue weighted by Gasteiger charge is -2.19. The third-order valence-corrected chi connectivity index (χ3v) is 4.53. The van der Waals surface area contributed by atoms with E-state index in [1.54, 1.807) is 0 Å². The number of nitrogens with one attached hydrogen (secondary N) is 1. The Kier molecular flexibility index (Phi) is 9.60. The topological polar surface area (TPSA) is 67.6 Å². The molecule has 1 aliphatic heterocycles. The average molecular weight is 412 g/mol. The number of para-hydroxylation sites is 1. The van der Waals surface area contributed by atoms with E-state index in [0.29, 0.717) is 6.54 Å². The van der Waals surface area contributed by atoms with Crippen LogP contribution in [0.3, 0.4) is 0 Å². The van der Waals surface area contributed by atoms with E-state index < -0.39 is 6.04 Å². The van der Waals surface area contributed by atoms with Gasteiger partial charge in [-0.15, -0.1) is 24.8 Å². The number of carbonyl (C=O) groups excluding carboxylic acids is 1. The van der Waals surface area contributed by atoms with Crippen LogP contribution in [0.15, 0.2) is 48.5 Å². The van der Waals surface area contributed by atoms with Crippen molar-refractivity contribution < 1.29 is 9.53 Å². The van der Waals surface area contributed by atoms with Crippen LogP contribution < -0.4 is 16.0 Å². The first-order chi connectivity index (χ1) is 12.2. The molecule has 0 spiro atoms. The summed E-state index contributed by atoms with van der Waals surface area (Å²) in [4.78, 5) is 14.2. The molecule has 0 saturated heterocycles. The number of hydrogen-bond donors (Lipinski definition) is 2. The van der Waals surface area contributed by atoms with Crippen molar-refractivity contribution in [3.63, 3.8) is 0 Å². The van der Waals surface area contributed by atoms with Crippen molar-refractivity contribution in [2.24, 2.45) is 5.73 Å². The molecule has 1 aliphatic rings. The number of nitrogens with zero attached hydrogens (tertiary/aromatic N) is 1. The Morgan fingerprint density at radius 2 is 1.81 bits per heavy atom. The number of benzene rings is 2. The van der Waals surface area contributed by atoms with E-state index in [2.05, 4.69) is 58.7 Å². The molecule has 27 heavy (non-hydrogen) atoms. The number of fused-ring (bicyclic) bond motifs is 1. The van der Waals surface area contributed by atoms with Gasteiger partial charge in [0.1, 0.15) is 6.04 Å². The van der Waals surface area contributed by atoms with Crippen molar-refractivity contribution in [1.29, 1.82) is 0 Å². The second kappa shape index (κ2) is 11.1. The summed E-state index contributed by atoms with van der Waals surface area (Å²) < 4.78 is 4.89. The number of hydrogen-bond acceptors (Lipinski definition) is 4. The quantitative estimate of drug-likeness (QED) is 0.734.